The van der Waals surface area contributed by atoms with Crippen LogP contribution in [0.1, 0.15) is 24.1 Å². The number of fused-ring (bicyclic) bond motifs is 1. The Bertz CT molecular complexity index is 1210. The topological polar surface area (TPSA) is 56.9 Å². The lowest BCUT2D eigenvalue weighted by Crippen LogP contribution is -2.42. The molecule has 0 saturated heterocycles. The van der Waals surface area contributed by atoms with Crippen molar-refractivity contribution in [1.29, 1.82) is 0 Å². The molecule has 2 aromatic carbocycles. The first-order chi connectivity index (χ1) is 13.7. The first kappa shape index (κ1) is 17.9. The van der Waals surface area contributed by atoms with E-state index in [-0.39, 0.29) is 17.3 Å². The van der Waals surface area contributed by atoms with Crippen molar-refractivity contribution in [2.45, 2.75) is 25.9 Å². The van der Waals surface area contributed by atoms with Gasteiger partial charge < -0.3 is 0 Å². The Balaban J connectivity index is 1.87. The fourth-order valence-electron chi connectivity index (χ4n) is 3.54. The molecule has 0 radical (unpaired) electrons. The van der Waals surface area contributed by atoms with E-state index in [0.29, 0.717) is 24.0 Å². The lowest BCUT2D eigenvalue weighted by atomic mass is 10.1. The van der Waals surface area contributed by atoms with Gasteiger partial charge in [0, 0.05) is 12.7 Å². The van der Waals surface area contributed by atoms with Crippen LogP contribution in [0.25, 0.3) is 11.0 Å². The van der Waals surface area contributed by atoms with Gasteiger partial charge in [-0.25, -0.2) is 9.78 Å². The fourth-order valence-corrected chi connectivity index (χ4v) is 3.54. The summed E-state index contributed by atoms with van der Waals surface area (Å²) in [5.74, 6) is 0. The van der Waals surface area contributed by atoms with Gasteiger partial charge in [-0.1, -0.05) is 60.7 Å². The molecule has 5 nitrogen and oxygen atoms in total. The molecule has 2 aromatic heterocycles. The molecule has 0 amide bonds. The molecule has 4 aromatic rings. The van der Waals surface area contributed by atoms with Crippen LogP contribution in [0.3, 0.4) is 0 Å². The summed E-state index contributed by atoms with van der Waals surface area (Å²) in [5, 5.41) is 0. The molecule has 140 valence electrons. The van der Waals surface area contributed by atoms with Crippen molar-refractivity contribution in [2.75, 3.05) is 0 Å². The zero-order valence-corrected chi connectivity index (χ0v) is 15.7. The predicted molar refractivity (Wildman–Crippen MR) is 111 cm³/mol. The zero-order valence-electron chi connectivity index (χ0n) is 15.7. The summed E-state index contributed by atoms with van der Waals surface area (Å²) in [7, 11) is 0. The number of rotatable bonds is 5. The van der Waals surface area contributed by atoms with Gasteiger partial charge in [-0.3, -0.25) is 13.9 Å². The second-order valence-electron chi connectivity index (χ2n) is 6.80. The van der Waals surface area contributed by atoms with Gasteiger partial charge in [0.25, 0.3) is 5.56 Å². The van der Waals surface area contributed by atoms with Crippen LogP contribution in [0, 0.1) is 0 Å². The molecule has 0 aliphatic rings. The smallest absolute Gasteiger partial charge is 0.284 e. The maximum absolute atomic E-state index is 13.3. The van der Waals surface area contributed by atoms with E-state index in [9.17, 15) is 9.59 Å². The zero-order chi connectivity index (χ0) is 19.5. The fraction of sp³-hybridized carbons (Fsp3) is 0.174. The van der Waals surface area contributed by atoms with E-state index in [1.165, 1.54) is 4.57 Å². The molecule has 0 fully saturated rings. The van der Waals surface area contributed by atoms with Crippen LogP contribution in [0.2, 0.25) is 0 Å². The minimum atomic E-state index is -0.340. The number of hydrogen-bond donors (Lipinski definition) is 0. The van der Waals surface area contributed by atoms with Crippen molar-refractivity contribution in [3.8, 4) is 0 Å². The minimum Gasteiger partial charge on any atom is -0.284 e. The third-order valence-corrected chi connectivity index (χ3v) is 5.07. The van der Waals surface area contributed by atoms with Gasteiger partial charge in [-0.2, -0.15) is 0 Å². The summed E-state index contributed by atoms with van der Waals surface area (Å²) < 4.78 is 2.98. The van der Waals surface area contributed by atoms with Gasteiger partial charge in [0.05, 0.1) is 11.6 Å². The molecule has 2 heterocycles. The van der Waals surface area contributed by atoms with Crippen molar-refractivity contribution in [3.05, 3.63) is 111 Å². The van der Waals surface area contributed by atoms with E-state index in [0.717, 1.165) is 11.1 Å². The summed E-state index contributed by atoms with van der Waals surface area (Å²) in [4.78, 5) is 30.6. The minimum absolute atomic E-state index is 0.219. The van der Waals surface area contributed by atoms with E-state index >= 15 is 0 Å². The van der Waals surface area contributed by atoms with Crippen molar-refractivity contribution in [2.24, 2.45) is 0 Å². The van der Waals surface area contributed by atoms with Crippen molar-refractivity contribution in [1.82, 2.24) is 14.1 Å². The maximum atomic E-state index is 13.3. The first-order valence-corrected chi connectivity index (χ1v) is 9.36. The number of hydrogen-bond acceptors (Lipinski definition) is 3. The first-order valence-electron chi connectivity index (χ1n) is 9.36. The highest BCUT2D eigenvalue weighted by Gasteiger charge is 2.18. The molecule has 0 N–H and O–H groups in total. The van der Waals surface area contributed by atoms with Gasteiger partial charge in [-0.05, 0) is 36.6 Å². The predicted octanol–water partition coefficient (Wildman–Crippen LogP) is 3.41. The molecule has 0 unspecified atom stereocenters. The SMILES string of the molecule is C[C@@H](c1ccccc1)n1c(=O)n(CCc2ccccc2)c(=O)c2ncccc21. The summed E-state index contributed by atoms with van der Waals surface area (Å²) in [6.45, 7) is 2.28. The summed E-state index contributed by atoms with van der Waals surface area (Å²) in [6.07, 6.45) is 2.20. The highest BCUT2D eigenvalue weighted by atomic mass is 16.2. The third kappa shape index (κ3) is 3.27. The number of aryl methyl sites for hydroxylation is 1. The van der Waals surface area contributed by atoms with Crippen LogP contribution in [0.5, 0.6) is 0 Å². The second-order valence-corrected chi connectivity index (χ2v) is 6.80. The monoisotopic (exact) mass is 371 g/mol. The van der Waals surface area contributed by atoms with Crippen molar-refractivity contribution >= 4 is 11.0 Å². The molecular weight excluding hydrogens is 350 g/mol. The molecule has 0 aliphatic carbocycles. The molecule has 28 heavy (non-hydrogen) atoms. The molecule has 4 rings (SSSR count). The standard InChI is InChI=1S/C23H21N3O2/c1-17(19-11-6-3-7-12-19)26-20-13-8-15-24-21(20)22(27)25(23(26)28)16-14-18-9-4-2-5-10-18/h2-13,15,17H,14,16H2,1H3/t17-/m0/s1. The molecule has 0 saturated carbocycles. The van der Waals surface area contributed by atoms with Gasteiger partial charge in [0.15, 0.2) is 5.52 Å². The third-order valence-electron chi connectivity index (χ3n) is 5.07. The molecule has 1 atom stereocenters. The van der Waals surface area contributed by atoms with Crippen LogP contribution in [0.4, 0.5) is 0 Å². The Kier molecular flexibility index (Phi) is 4.89. The Labute approximate surface area is 162 Å². The molecule has 5 heteroatoms. The van der Waals surface area contributed by atoms with E-state index in [1.54, 1.807) is 22.9 Å². The molecule has 0 spiro atoms. The van der Waals surface area contributed by atoms with Gasteiger partial charge in [-0.15, -0.1) is 0 Å². The summed E-state index contributed by atoms with van der Waals surface area (Å²) in [5.41, 5.74) is 2.31. The normalized spacial score (nSPS) is 12.2. The van der Waals surface area contributed by atoms with Gasteiger partial charge >= 0.3 is 5.69 Å². The summed E-state index contributed by atoms with van der Waals surface area (Å²) in [6, 6.07) is 23.0. The highest BCUT2D eigenvalue weighted by Crippen LogP contribution is 2.19. The Morgan fingerprint density at radius 3 is 2.29 bits per heavy atom. The lowest BCUT2D eigenvalue weighted by Gasteiger charge is -2.20. The quantitative estimate of drug-likeness (QED) is 0.540. The van der Waals surface area contributed by atoms with Crippen molar-refractivity contribution < 1.29 is 0 Å². The van der Waals surface area contributed by atoms with Crippen LogP contribution in [-0.2, 0) is 13.0 Å². The van der Waals surface area contributed by atoms with E-state index < -0.39 is 0 Å². The molecular formula is C23H21N3O2. The van der Waals surface area contributed by atoms with Crippen molar-refractivity contribution in [3.63, 3.8) is 0 Å². The number of pyridine rings is 1. The number of benzene rings is 2. The average molecular weight is 371 g/mol. The van der Waals surface area contributed by atoms with Gasteiger partial charge in [0.1, 0.15) is 0 Å². The lowest BCUT2D eigenvalue weighted by molar-refractivity contribution is 0.543. The molecule has 0 aliphatic heterocycles. The van der Waals surface area contributed by atoms with Crippen LogP contribution >= 0.6 is 0 Å². The second kappa shape index (κ2) is 7.64. The van der Waals surface area contributed by atoms with Crippen LogP contribution < -0.4 is 11.2 Å². The van der Waals surface area contributed by atoms with E-state index in [2.05, 4.69) is 4.98 Å². The van der Waals surface area contributed by atoms with Crippen LogP contribution in [-0.4, -0.2) is 14.1 Å². The Hall–Kier alpha value is -3.47. The largest absolute Gasteiger partial charge is 0.332 e. The average Bonchev–Trinajstić information content (AvgIpc) is 2.75. The van der Waals surface area contributed by atoms with E-state index in [4.69, 9.17) is 0 Å². The number of nitrogens with zero attached hydrogens (tertiary/aromatic N) is 3. The summed E-state index contributed by atoms with van der Waals surface area (Å²) >= 11 is 0. The van der Waals surface area contributed by atoms with Crippen LogP contribution in [0.15, 0.2) is 88.6 Å². The van der Waals surface area contributed by atoms with Gasteiger partial charge in [0.2, 0.25) is 0 Å². The Morgan fingerprint density at radius 2 is 1.57 bits per heavy atom. The van der Waals surface area contributed by atoms with E-state index in [1.807, 2.05) is 67.6 Å². The maximum Gasteiger partial charge on any atom is 0.332 e. The highest BCUT2D eigenvalue weighted by molar-refractivity contribution is 5.73. The molecule has 0 bridgehead atoms. The number of aromatic nitrogens is 3. The Morgan fingerprint density at radius 1 is 0.893 bits per heavy atom.